The van der Waals surface area contributed by atoms with Crippen LogP contribution in [-0.4, -0.2) is 58.1 Å². The number of rotatable bonds is 5. The van der Waals surface area contributed by atoms with Gasteiger partial charge in [0.25, 0.3) is 5.91 Å². The molecule has 7 nitrogen and oxygen atoms in total. The Morgan fingerprint density at radius 1 is 1.21 bits per heavy atom. The number of hydrogen-bond donors (Lipinski definition) is 1. The second kappa shape index (κ2) is 8.14. The molecule has 156 valence electrons. The van der Waals surface area contributed by atoms with Crippen LogP contribution in [-0.2, 0) is 6.42 Å². The van der Waals surface area contributed by atoms with Crippen molar-refractivity contribution in [1.29, 1.82) is 0 Å². The van der Waals surface area contributed by atoms with Gasteiger partial charge in [-0.2, -0.15) is 0 Å². The summed E-state index contributed by atoms with van der Waals surface area (Å²) in [5.74, 6) is 0.829. The van der Waals surface area contributed by atoms with Crippen molar-refractivity contribution in [1.82, 2.24) is 25.2 Å². The summed E-state index contributed by atoms with van der Waals surface area (Å²) >= 11 is 0. The summed E-state index contributed by atoms with van der Waals surface area (Å²) in [6.07, 6.45) is 4.19. The zero-order valence-corrected chi connectivity index (χ0v) is 17.6. The third kappa shape index (κ3) is 4.01. The van der Waals surface area contributed by atoms with E-state index < -0.39 is 0 Å². The fraction of sp³-hybridized carbons (Fsp3) is 0.591. The van der Waals surface area contributed by atoms with Crippen LogP contribution in [0.5, 0.6) is 5.75 Å². The van der Waals surface area contributed by atoms with Gasteiger partial charge in [0.2, 0.25) is 0 Å². The Labute approximate surface area is 172 Å². The molecule has 1 aromatic carbocycles. The van der Waals surface area contributed by atoms with E-state index in [1.54, 1.807) is 4.68 Å². The number of benzene rings is 1. The van der Waals surface area contributed by atoms with Crippen LogP contribution in [0.4, 0.5) is 0 Å². The Morgan fingerprint density at radius 2 is 1.93 bits per heavy atom. The molecule has 0 radical (unpaired) electrons. The van der Waals surface area contributed by atoms with Crippen LogP contribution in [0.2, 0.25) is 0 Å². The van der Waals surface area contributed by atoms with E-state index in [1.807, 2.05) is 49.9 Å². The van der Waals surface area contributed by atoms with Crippen LogP contribution in [0, 0.1) is 5.41 Å². The summed E-state index contributed by atoms with van der Waals surface area (Å²) < 4.78 is 7.49. The number of nitrogens with one attached hydrogen (secondary N) is 1. The standard InChI is InChI=1S/C22H31N5O2/c1-4-19-20(21(28)26-13-10-22(11-14-26)9-12-23-15-22)24-25-27(19)17-5-7-18(8-6-17)29-16(2)3/h5-8,16,23H,4,9-15H2,1-3H3. The van der Waals surface area contributed by atoms with Gasteiger partial charge in [0.1, 0.15) is 5.75 Å². The summed E-state index contributed by atoms with van der Waals surface area (Å²) in [6, 6.07) is 7.77. The number of carbonyl (C=O) groups is 1. The van der Waals surface area contributed by atoms with Gasteiger partial charge >= 0.3 is 0 Å². The van der Waals surface area contributed by atoms with Crippen molar-refractivity contribution in [3.8, 4) is 11.4 Å². The number of aromatic nitrogens is 3. The van der Waals surface area contributed by atoms with Crippen LogP contribution in [0.3, 0.4) is 0 Å². The van der Waals surface area contributed by atoms with Crippen molar-refractivity contribution in [2.45, 2.75) is 52.6 Å². The highest BCUT2D eigenvalue weighted by Gasteiger charge is 2.39. The monoisotopic (exact) mass is 397 g/mol. The summed E-state index contributed by atoms with van der Waals surface area (Å²) in [6.45, 7) is 9.84. The third-order valence-electron chi connectivity index (χ3n) is 6.20. The average Bonchev–Trinajstić information content (AvgIpc) is 3.35. The number of hydrogen-bond acceptors (Lipinski definition) is 5. The molecule has 2 aromatic rings. The van der Waals surface area contributed by atoms with Crippen molar-refractivity contribution >= 4 is 5.91 Å². The molecule has 2 aliphatic heterocycles. The van der Waals surface area contributed by atoms with Crippen LogP contribution < -0.4 is 10.1 Å². The van der Waals surface area contributed by atoms with Crippen molar-refractivity contribution in [2.75, 3.05) is 26.2 Å². The van der Waals surface area contributed by atoms with Crippen LogP contribution in [0.15, 0.2) is 24.3 Å². The fourth-order valence-corrected chi connectivity index (χ4v) is 4.49. The van der Waals surface area contributed by atoms with Crippen molar-refractivity contribution in [3.05, 3.63) is 35.7 Å². The van der Waals surface area contributed by atoms with E-state index in [2.05, 4.69) is 15.6 Å². The quantitative estimate of drug-likeness (QED) is 0.840. The van der Waals surface area contributed by atoms with Gasteiger partial charge < -0.3 is 15.0 Å². The first kappa shape index (κ1) is 19.9. The lowest BCUT2D eigenvalue weighted by atomic mass is 9.78. The minimum absolute atomic E-state index is 0.00803. The minimum Gasteiger partial charge on any atom is -0.491 e. The first-order valence-corrected chi connectivity index (χ1v) is 10.7. The van der Waals surface area contributed by atoms with Crippen LogP contribution in [0.25, 0.3) is 5.69 Å². The molecule has 2 fully saturated rings. The number of carbonyl (C=O) groups excluding carboxylic acids is 1. The minimum atomic E-state index is 0.00803. The van der Waals surface area contributed by atoms with Crippen LogP contribution >= 0.6 is 0 Å². The maximum absolute atomic E-state index is 13.2. The third-order valence-corrected chi connectivity index (χ3v) is 6.20. The van der Waals surface area contributed by atoms with E-state index in [9.17, 15) is 4.79 Å². The molecule has 0 unspecified atom stereocenters. The lowest BCUT2D eigenvalue weighted by Crippen LogP contribution is -2.44. The highest BCUT2D eigenvalue weighted by Crippen LogP contribution is 2.37. The molecule has 1 N–H and O–H groups in total. The van der Waals surface area contributed by atoms with Gasteiger partial charge in [0.15, 0.2) is 5.69 Å². The average molecular weight is 398 g/mol. The number of likely N-dealkylation sites (tertiary alicyclic amines) is 1. The molecule has 1 aromatic heterocycles. The van der Waals surface area contributed by atoms with Crippen molar-refractivity contribution in [3.63, 3.8) is 0 Å². The molecule has 1 amide bonds. The van der Waals surface area contributed by atoms with E-state index in [0.717, 1.165) is 56.2 Å². The SMILES string of the molecule is CCc1c(C(=O)N2CCC3(CCNC3)CC2)nnn1-c1ccc(OC(C)C)cc1. The molecule has 0 aliphatic carbocycles. The number of amides is 1. The molecule has 7 heteroatoms. The molecule has 2 saturated heterocycles. The number of piperidine rings is 1. The van der Waals surface area contributed by atoms with Crippen molar-refractivity contribution < 1.29 is 9.53 Å². The summed E-state index contributed by atoms with van der Waals surface area (Å²) in [5, 5.41) is 12.1. The lowest BCUT2D eigenvalue weighted by Gasteiger charge is -2.38. The molecule has 2 aliphatic rings. The predicted octanol–water partition coefficient (Wildman–Crippen LogP) is 2.83. The second-order valence-electron chi connectivity index (χ2n) is 8.53. The zero-order chi connectivity index (χ0) is 20.4. The highest BCUT2D eigenvalue weighted by atomic mass is 16.5. The normalized spacial score (nSPS) is 18.6. The molecule has 3 heterocycles. The molecule has 1 spiro atoms. The second-order valence-corrected chi connectivity index (χ2v) is 8.53. The predicted molar refractivity (Wildman–Crippen MR) is 112 cm³/mol. The Morgan fingerprint density at radius 3 is 2.52 bits per heavy atom. The van der Waals surface area contributed by atoms with Gasteiger partial charge in [-0.3, -0.25) is 4.79 Å². The van der Waals surface area contributed by atoms with E-state index in [1.165, 1.54) is 6.42 Å². The van der Waals surface area contributed by atoms with Gasteiger partial charge in [-0.1, -0.05) is 12.1 Å². The molecular formula is C22H31N5O2. The zero-order valence-electron chi connectivity index (χ0n) is 17.6. The molecular weight excluding hydrogens is 366 g/mol. The molecule has 0 atom stereocenters. The van der Waals surface area contributed by atoms with E-state index in [-0.39, 0.29) is 12.0 Å². The Balaban J connectivity index is 1.50. The molecule has 0 bridgehead atoms. The van der Waals surface area contributed by atoms with E-state index >= 15 is 0 Å². The Kier molecular flexibility index (Phi) is 5.58. The fourth-order valence-electron chi connectivity index (χ4n) is 4.49. The van der Waals surface area contributed by atoms with Crippen LogP contribution in [0.1, 0.15) is 56.2 Å². The Hall–Kier alpha value is -2.41. The molecule has 4 rings (SSSR count). The lowest BCUT2D eigenvalue weighted by molar-refractivity contribution is 0.0601. The van der Waals surface area contributed by atoms with E-state index in [4.69, 9.17) is 4.74 Å². The maximum Gasteiger partial charge on any atom is 0.276 e. The summed E-state index contributed by atoms with van der Waals surface area (Å²) in [4.78, 5) is 15.1. The smallest absolute Gasteiger partial charge is 0.276 e. The topological polar surface area (TPSA) is 72.3 Å². The largest absolute Gasteiger partial charge is 0.491 e. The molecule has 29 heavy (non-hydrogen) atoms. The van der Waals surface area contributed by atoms with Gasteiger partial charge in [-0.15, -0.1) is 5.10 Å². The molecule has 0 saturated carbocycles. The number of nitrogens with zero attached hydrogens (tertiary/aromatic N) is 4. The first-order chi connectivity index (χ1) is 14.0. The summed E-state index contributed by atoms with van der Waals surface area (Å²) in [5.41, 5.74) is 2.62. The number of ether oxygens (including phenoxy) is 1. The first-order valence-electron chi connectivity index (χ1n) is 10.7. The van der Waals surface area contributed by atoms with Gasteiger partial charge in [0.05, 0.1) is 17.5 Å². The maximum atomic E-state index is 13.2. The Bertz CT molecular complexity index is 843. The highest BCUT2D eigenvalue weighted by molar-refractivity contribution is 5.93. The van der Waals surface area contributed by atoms with Gasteiger partial charge in [-0.05, 0) is 75.8 Å². The summed E-state index contributed by atoms with van der Waals surface area (Å²) in [7, 11) is 0. The van der Waals surface area contributed by atoms with Crippen molar-refractivity contribution in [2.24, 2.45) is 5.41 Å². The van der Waals surface area contributed by atoms with E-state index in [0.29, 0.717) is 17.5 Å². The van der Waals surface area contributed by atoms with Gasteiger partial charge in [0, 0.05) is 19.6 Å². The van der Waals surface area contributed by atoms with Gasteiger partial charge in [-0.25, -0.2) is 4.68 Å².